The van der Waals surface area contributed by atoms with Crippen molar-refractivity contribution in [2.75, 3.05) is 31.1 Å². The standard InChI is InChI=1S/C17H19N3O/c21-17(19-13-11-18-12-14-19)20(15-7-3-1-4-8-15)16-9-5-2-6-10-16/h1-10,18H,11-14H2/p+1. The topological polar surface area (TPSA) is 40.2 Å². The van der Waals surface area contributed by atoms with Gasteiger partial charge in [-0.15, -0.1) is 0 Å². The summed E-state index contributed by atoms with van der Waals surface area (Å²) < 4.78 is 0. The Bertz CT molecular complexity index is 540. The Morgan fingerprint density at radius 3 is 1.81 bits per heavy atom. The first-order chi connectivity index (χ1) is 10.4. The Morgan fingerprint density at radius 1 is 0.857 bits per heavy atom. The van der Waals surface area contributed by atoms with Crippen molar-refractivity contribution in [2.45, 2.75) is 0 Å². The normalized spacial score (nSPS) is 14.8. The first-order valence-electron chi connectivity index (χ1n) is 7.37. The van der Waals surface area contributed by atoms with E-state index in [0.717, 1.165) is 37.6 Å². The SMILES string of the molecule is O=C(N1CC[NH2+]CC1)N(c1ccccc1)c1ccccc1. The molecule has 2 N–H and O–H groups in total. The molecule has 0 radical (unpaired) electrons. The van der Waals surface area contributed by atoms with Crippen molar-refractivity contribution in [1.82, 2.24) is 4.90 Å². The van der Waals surface area contributed by atoms with Crippen LogP contribution in [0.4, 0.5) is 16.2 Å². The molecule has 4 nitrogen and oxygen atoms in total. The van der Waals surface area contributed by atoms with Crippen LogP contribution in [0.3, 0.4) is 0 Å². The van der Waals surface area contributed by atoms with Gasteiger partial charge >= 0.3 is 6.03 Å². The second-order valence-electron chi connectivity index (χ2n) is 5.14. The highest BCUT2D eigenvalue weighted by atomic mass is 16.2. The first-order valence-corrected chi connectivity index (χ1v) is 7.37. The smallest absolute Gasteiger partial charge is 0.329 e. The van der Waals surface area contributed by atoms with Crippen LogP contribution >= 0.6 is 0 Å². The van der Waals surface area contributed by atoms with Crippen LogP contribution in [0.25, 0.3) is 0 Å². The summed E-state index contributed by atoms with van der Waals surface area (Å²) in [6, 6.07) is 19.7. The summed E-state index contributed by atoms with van der Waals surface area (Å²) in [6.45, 7) is 3.55. The van der Waals surface area contributed by atoms with E-state index in [-0.39, 0.29) is 6.03 Å². The van der Waals surface area contributed by atoms with Gasteiger partial charge in [-0.05, 0) is 24.3 Å². The summed E-state index contributed by atoms with van der Waals surface area (Å²) in [6.07, 6.45) is 0. The highest BCUT2D eigenvalue weighted by Gasteiger charge is 2.25. The third-order valence-corrected chi connectivity index (χ3v) is 3.70. The number of nitrogens with two attached hydrogens (primary N) is 1. The van der Waals surface area contributed by atoms with Crippen LogP contribution in [0.2, 0.25) is 0 Å². The molecule has 0 saturated carbocycles. The van der Waals surface area contributed by atoms with Crippen LogP contribution in [0.15, 0.2) is 60.7 Å². The highest BCUT2D eigenvalue weighted by molar-refractivity contribution is 5.99. The number of hydrogen-bond acceptors (Lipinski definition) is 1. The summed E-state index contributed by atoms with van der Waals surface area (Å²) in [5, 5.41) is 2.25. The van der Waals surface area contributed by atoms with Crippen molar-refractivity contribution in [2.24, 2.45) is 0 Å². The van der Waals surface area contributed by atoms with Crippen molar-refractivity contribution in [3.8, 4) is 0 Å². The number of nitrogens with zero attached hydrogens (tertiary/aromatic N) is 2. The van der Waals surface area contributed by atoms with E-state index in [1.807, 2.05) is 65.6 Å². The minimum Gasteiger partial charge on any atom is -0.343 e. The van der Waals surface area contributed by atoms with Crippen molar-refractivity contribution in [1.29, 1.82) is 0 Å². The molecule has 0 atom stereocenters. The summed E-state index contributed by atoms with van der Waals surface area (Å²) in [5.74, 6) is 0. The number of anilines is 2. The van der Waals surface area contributed by atoms with Gasteiger partial charge in [-0.1, -0.05) is 36.4 Å². The molecule has 2 amide bonds. The summed E-state index contributed by atoms with van der Waals surface area (Å²) >= 11 is 0. The molecule has 0 unspecified atom stereocenters. The quantitative estimate of drug-likeness (QED) is 0.897. The van der Waals surface area contributed by atoms with Gasteiger partial charge in [0.1, 0.15) is 0 Å². The molecule has 0 bridgehead atoms. The lowest BCUT2D eigenvalue weighted by Gasteiger charge is -2.32. The van der Waals surface area contributed by atoms with E-state index in [4.69, 9.17) is 0 Å². The molecule has 4 heteroatoms. The summed E-state index contributed by atoms with van der Waals surface area (Å²) in [4.78, 5) is 16.7. The molecule has 2 aromatic rings. The van der Waals surface area contributed by atoms with Crippen LogP contribution in [0.1, 0.15) is 0 Å². The molecule has 1 fully saturated rings. The minimum atomic E-state index is 0.0560. The Hall–Kier alpha value is -2.33. The van der Waals surface area contributed by atoms with E-state index in [9.17, 15) is 4.79 Å². The van der Waals surface area contributed by atoms with Gasteiger partial charge in [0.15, 0.2) is 0 Å². The summed E-state index contributed by atoms with van der Waals surface area (Å²) in [7, 11) is 0. The average Bonchev–Trinajstić information content (AvgIpc) is 2.58. The van der Waals surface area contributed by atoms with Gasteiger partial charge in [-0.25, -0.2) is 4.79 Å². The first kappa shape index (κ1) is 13.6. The maximum Gasteiger partial charge on any atom is 0.329 e. The number of carbonyl (C=O) groups is 1. The third kappa shape index (κ3) is 3.06. The van der Waals surface area contributed by atoms with Gasteiger partial charge in [-0.2, -0.15) is 0 Å². The highest BCUT2D eigenvalue weighted by Crippen LogP contribution is 2.26. The number of benzene rings is 2. The van der Waals surface area contributed by atoms with E-state index < -0.39 is 0 Å². The lowest BCUT2D eigenvalue weighted by Crippen LogP contribution is -2.90. The fourth-order valence-corrected chi connectivity index (χ4v) is 2.61. The minimum absolute atomic E-state index is 0.0560. The molecule has 1 aliphatic heterocycles. The van der Waals surface area contributed by atoms with E-state index in [2.05, 4.69) is 5.32 Å². The largest absolute Gasteiger partial charge is 0.343 e. The molecule has 1 heterocycles. The van der Waals surface area contributed by atoms with Gasteiger partial charge < -0.3 is 10.2 Å². The fourth-order valence-electron chi connectivity index (χ4n) is 2.61. The van der Waals surface area contributed by atoms with E-state index in [1.54, 1.807) is 4.90 Å². The number of para-hydroxylation sites is 2. The van der Waals surface area contributed by atoms with Gasteiger partial charge in [0, 0.05) is 0 Å². The average molecular weight is 282 g/mol. The maximum absolute atomic E-state index is 12.9. The Balaban J connectivity index is 1.94. The van der Waals surface area contributed by atoms with Crippen LogP contribution in [0, 0.1) is 0 Å². The molecule has 2 aromatic carbocycles. The van der Waals surface area contributed by atoms with E-state index >= 15 is 0 Å². The van der Waals surface area contributed by atoms with Gasteiger partial charge in [0.05, 0.1) is 37.6 Å². The molecule has 1 saturated heterocycles. The molecular formula is C17H20N3O+. The zero-order valence-corrected chi connectivity index (χ0v) is 12.0. The van der Waals surface area contributed by atoms with Crippen LogP contribution in [-0.2, 0) is 0 Å². The number of rotatable bonds is 2. The number of urea groups is 1. The summed E-state index contributed by atoms with van der Waals surface area (Å²) in [5.41, 5.74) is 1.81. The molecule has 0 aliphatic carbocycles. The number of amides is 2. The molecule has 0 aromatic heterocycles. The fraction of sp³-hybridized carbons (Fsp3) is 0.235. The zero-order valence-electron chi connectivity index (χ0n) is 12.0. The Morgan fingerprint density at radius 2 is 1.33 bits per heavy atom. The number of piperazine rings is 1. The Kier molecular flexibility index (Phi) is 4.17. The molecule has 1 aliphatic rings. The van der Waals surface area contributed by atoms with E-state index in [1.165, 1.54) is 0 Å². The molecule has 108 valence electrons. The van der Waals surface area contributed by atoms with Gasteiger partial charge in [0.25, 0.3) is 0 Å². The van der Waals surface area contributed by atoms with Crippen molar-refractivity contribution in [3.63, 3.8) is 0 Å². The monoisotopic (exact) mass is 282 g/mol. The maximum atomic E-state index is 12.9. The molecule has 3 rings (SSSR count). The predicted octanol–water partition coefficient (Wildman–Crippen LogP) is 1.82. The molecule has 21 heavy (non-hydrogen) atoms. The van der Waals surface area contributed by atoms with Crippen molar-refractivity contribution < 1.29 is 10.1 Å². The van der Waals surface area contributed by atoms with Crippen LogP contribution < -0.4 is 10.2 Å². The number of carbonyl (C=O) groups excluding carboxylic acids is 1. The lowest BCUT2D eigenvalue weighted by atomic mass is 10.2. The number of hydrogen-bond donors (Lipinski definition) is 1. The second kappa shape index (κ2) is 6.41. The van der Waals surface area contributed by atoms with Gasteiger partial charge in [0.2, 0.25) is 0 Å². The van der Waals surface area contributed by atoms with E-state index in [0.29, 0.717) is 0 Å². The zero-order chi connectivity index (χ0) is 14.5. The van der Waals surface area contributed by atoms with Crippen LogP contribution in [-0.4, -0.2) is 37.1 Å². The van der Waals surface area contributed by atoms with Gasteiger partial charge in [-0.3, -0.25) is 4.90 Å². The Labute approximate surface area is 125 Å². The van der Waals surface area contributed by atoms with Crippen LogP contribution in [0.5, 0.6) is 0 Å². The van der Waals surface area contributed by atoms with Crippen molar-refractivity contribution >= 4 is 17.4 Å². The lowest BCUT2D eigenvalue weighted by molar-refractivity contribution is -0.661. The third-order valence-electron chi connectivity index (χ3n) is 3.70. The predicted molar refractivity (Wildman–Crippen MR) is 83.7 cm³/mol. The molecule has 0 spiro atoms. The molecular weight excluding hydrogens is 262 g/mol. The second-order valence-corrected chi connectivity index (χ2v) is 5.14. The van der Waals surface area contributed by atoms with Crippen molar-refractivity contribution in [3.05, 3.63) is 60.7 Å². The number of quaternary nitrogens is 1.